The van der Waals surface area contributed by atoms with Gasteiger partial charge in [-0.15, -0.1) is 11.3 Å². The van der Waals surface area contributed by atoms with Gasteiger partial charge >= 0.3 is 5.97 Å². The van der Waals surface area contributed by atoms with Crippen molar-refractivity contribution in [3.63, 3.8) is 0 Å². The number of thiophene rings is 1. The second kappa shape index (κ2) is 8.30. The number of sulfonamides is 1. The molecule has 0 fully saturated rings. The maximum atomic E-state index is 12.3. The zero-order chi connectivity index (χ0) is 20.3. The Hall–Kier alpha value is -2.42. The summed E-state index contributed by atoms with van der Waals surface area (Å²) in [5.74, 6) is -0.308. The lowest BCUT2D eigenvalue weighted by molar-refractivity contribution is 0.0532. The maximum Gasteiger partial charge on any atom is 0.348 e. The van der Waals surface area contributed by atoms with E-state index in [-0.39, 0.29) is 10.9 Å². The SMILES string of the molecule is CCOC(=O)c1cc2cc(NCc3cccc(S(=O)(=O)N(C)C)c3)ccc2s1. The number of anilines is 1. The van der Waals surface area contributed by atoms with E-state index in [1.54, 1.807) is 25.1 Å². The zero-order valence-corrected chi connectivity index (χ0v) is 17.6. The molecule has 0 aliphatic carbocycles. The molecule has 0 saturated heterocycles. The van der Waals surface area contributed by atoms with Crippen LogP contribution in [-0.2, 0) is 21.3 Å². The van der Waals surface area contributed by atoms with Gasteiger partial charge in [0, 0.05) is 31.0 Å². The van der Waals surface area contributed by atoms with Gasteiger partial charge in [0.1, 0.15) is 4.88 Å². The fraction of sp³-hybridized carbons (Fsp3) is 0.250. The average molecular weight is 419 g/mol. The summed E-state index contributed by atoms with van der Waals surface area (Å²) in [4.78, 5) is 12.7. The van der Waals surface area contributed by atoms with Crippen LogP contribution in [0.5, 0.6) is 0 Å². The normalized spacial score (nSPS) is 11.7. The monoisotopic (exact) mass is 418 g/mol. The molecule has 1 aromatic heterocycles. The molecular formula is C20H22N2O4S2. The van der Waals surface area contributed by atoms with Crippen LogP contribution in [0.25, 0.3) is 10.1 Å². The van der Waals surface area contributed by atoms with E-state index in [1.165, 1.54) is 29.7 Å². The largest absolute Gasteiger partial charge is 0.462 e. The zero-order valence-electron chi connectivity index (χ0n) is 15.9. The van der Waals surface area contributed by atoms with Gasteiger partial charge < -0.3 is 10.1 Å². The molecule has 1 N–H and O–H groups in total. The fourth-order valence-corrected chi connectivity index (χ4v) is 4.60. The van der Waals surface area contributed by atoms with Crippen molar-refractivity contribution in [1.82, 2.24) is 4.31 Å². The molecule has 28 heavy (non-hydrogen) atoms. The molecule has 0 atom stereocenters. The lowest BCUT2D eigenvalue weighted by Crippen LogP contribution is -2.22. The molecule has 0 radical (unpaired) electrons. The van der Waals surface area contributed by atoms with Crippen LogP contribution in [0.1, 0.15) is 22.2 Å². The standard InChI is InChI=1S/C20H22N2O4S2/c1-4-26-20(23)19-12-15-11-16(8-9-18(15)27-19)21-13-14-6-5-7-17(10-14)28(24,25)22(2)3/h5-12,21H,4,13H2,1-3H3. The highest BCUT2D eigenvalue weighted by Crippen LogP contribution is 2.29. The van der Waals surface area contributed by atoms with Crippen LogP contribution in [-0.4, -0.2) is 39.4 Å². The van der Waals surface area contributed by atoms with Crippen molar-refractivity contribution in [1.29, 1.82) is 0 Å². The highest BCUT2D eigenvalue weighted by atomic mass is 32.2. The van der Waals surface area contributed by atoms with Crippen LogP contribution in [0.2, 0.25) is 0 Å². The van der Waals surface area contributed by atoms with Crippen molar-refractivity contribution in [2.45, 2.75) is 18.4 Å². The first-order valence-electron chi connectivity index (χ1n) is 8.77. The Labute approximate surface area is 168 Å². The highest BCUT2D eigenvalue weighted by molar-refractivity contribution is 7.89. The molecule has 1 heterocycles. The summed E-state index contributed by atoms with van der Waals surface area (Å²) in [5.41, 5.74) is 1.75. The van der Waals surface area contributed by atoms with Gasteiger partial charge in [-0.3, -0.25) is 0 Å². The molecule has 6 nitrogen and oxygen atoms in total. The topological polar surface area (TPSA) is 75.7 Å². The fourth-order valence-electron chi connectivity index (χ4n) is 2.69. The molecule has 0 spiro atoms. The minimum Gasteiger partial charge on any atom is -0.462 e. The van der Waals surface area contributed by atoms with Crippen LogP contribution in [0.15, 0.2) is 53.4 Å². The van der Waals surface area contributed by atoms with E-state index in [4.69, 9.17) is 4.74 Å². The minimum atomic E-state index is -3.46. The van der Waals surface area contributed by atoms with Crippen LogP contribution in [0, 0.1) is 0 Å². The smallest absolute Gasteiger partial charge is 0.348 e. The van der Waals surface area contributed by atoms with E-state index >= 15 is 0 Å². The number of carbonyl (C=O) groups excluding carboxylic acids is 1. The number of nitrogens with zero attached hydrogens (tertiary/aromatic N) is 1. The van der Waals surface area contributed by atoms with Gasteiger partial charge in [0.05, 0.1) is 11.5 Å². The Balaban J connectivity index is 1.76. The van der Waals surface area contributed by atoms with Gasteiger partial charge in [-0.25, -0.2) is 17.5 Å². The number of hydrogen-bond acceptors (Lipinski definition) is 6. The predicted octanol–water partition coefficient (Wildman–Crippen LogP) is 3.94. The number of ether oxygens (including phenoxy) is 1. The molecule has 8 heteroatoms. The first kappa shape index (κ1) is 20.3. The van der Waals surface area contributed by atoms with Crippen LogP contribution in [0.4, 0.5) is 5.69 Å². The predicted molar refractivity (Wildman–Crippen MR) is 112 cm³/mol. The number of fused-ring (bicyclic) bond motifs is 1. The third-order valence-corrected chi connectivity index (χ3v) is 7.07. The van der Waals surface area contributed by atoms with Crippen molar-refractivity contribution in [2.24, 2.45) is 0 Å². The molecule has 148 valence electrons. The summed E-state index contributed by atoms with van der Waals surface area (Å²) in [6, 6.07) is 14.6. The quantitative estimate of drug-likeness (QED) is 0.588. The van der Waals surface area contributed by atoms with Crippen LogP contribution >= 0.6 is 11.3 Å². The molecule has 3 rings (SSSR count). The lowest BCUT2D eigenvalue weighted by atomic mass is 10.2. The van der Waals surface area contributed by atoms with Crippen LogP contribution < -0.4 is 5.32 Å². The Kier molecular flexibility index (Phi) is 6.02. The van der Waals surface area contributed by atoms with Crippen molar-refractivity contribution in [3.8, 4) is 0 Å². The molecule has 0 saturated carbocycles. The number of benzene rings is 2. The molecule has 2 aromatic carbocycles. The van der Waals surface area contributed by atoms with Gasteiger partial charge in [0.25, 0.3) is 0 Å². The molecular weight excluding hydrogens is 396 g/mol. The second-order valence-corrected chi connectivity index (χ2v) is 9.61. The maximum absolute atomic E-state index is 12.3. The molecule has 0 aliphatic heterocycles. The third kappa shape index (κ3) is 4.35. The number of hydrogen-bond donors (Lipinski definition) is 1. The number of nitrogens with one attached hydrogen (secondary N) is 1. The summed E-state index contributed by atoms with van der Waals surface area (Å²) < 4.78 is 31.8. The first-order valence-corrected chi connectivity index (χ1v) is 11.0. The number of rotatable bonds is 7. The summed E-state index contributed by atoms with van der Waals surface area (Å²) in [6.07, 6.45) is 0. The van der Waals surface area contributed by atoms with Gasteiger partial charge in [-0.2, -0.15) is 0 Å². The molecule has 0 bridgehead atoms. The van der Waals surface area contributed by atoms with Gasteiger partial charge in [-0.1, -0.05) is 12.1 Å². The van der Waals surface area contributed by atoms with E-state index in [1.807, 2.05) is 30.3 Å². The first-order chi connectivity index (χ1) is 13.3. The van der Waals surface area contributed by atoms with E-state index in [2.05, 4.69) is 5.32 Å². The summed E-state index contributed by atoms with van der Waals surface area (Å²) in [6.45, 7) is 2.62. The van der Waals surface area contributed by atoms with Crippen molar-refractivity contribution in [2.75, 3.05) is 26.0 Å². The number of esters is 1. The minimum absolute atomic E-state index is 0.268. The van der Waals surface area contributed by atoms with E-state index < -0.39 is 10.0 Å². The van der Waals surface area contributed by atoms with Crippen molar-refractivity contribution in [3.05, 3.63) is 59.0 Å². The van der Waals surface area contributed by atoms with Crippen molar-refractivity contribution < 1.29 is 17.9 Å². The molecule has 0 aliphatic rings. The van der Waals surface area contributed by atoms with Gasteiger partial charge in [-0.05, 0) is 54.3 Å². The Morgan fingerprint density at radius 3 is 2.64 bits per heavy atom. The highest BCUT2D eigenvalue weighted by Gasteiger charge is 2.17. The third-order valence-electron chi connectivity index (χ3n) is 4.17. The Morgan fingerprint density at radius 2 is 1.93 bits per heavy atom. The molecule has 0 amide bonds. The lowest BCUT2D eigenvalue weighted by Gasteiger charge is -2.13. The van der Waals surface area contributed by atoms with E-state index in [0.29, 0.717) is 18.0 Å². The van der Waals surface area contributed by atoms with Crippen LogP contribution in [0.3, 0.4) is 0 Å². The Morgan fingerprint density at radius 1 is 1.14 bits per heavy atom. The van der Waals surface area contributed by atoms with E-state index in [0.717, 1.165) is 21.3 Å². The van der Waals surface area contributed by atoms with Crippen molar-refractivity contribution >= 4 is 43.1 Å². The van der Waals surface area contributed by atoms with E-state index in [9.17, 15) is 13.2 Å². The summed E-state index contributed by atoms with van der Waals surface area (Å²) in [5, 5.41) is 4.26. The average Bonchev–Trinajstić information content (AvgIpc) is 3.10. The van der Waals surface area contributed by atoms with Gasteiger partial charge in [0.2, 0.25) is 10.0 Å². The number of carbonyl (C=O) groups is 1. The summed E-state index contributed by atoms with van der Waals surface area (Å²) in [7, 11) is -0.429. The van der Waals surface area contributed by atoms with Gasteiger partial charge in [0.15, 0.2) is 0 Å². The summed E-state index contributed by atoms with van der Waals surface area (Å²) >= 11 is 1.40. The molecule has 3 aromatic rings. The Bertz CT molecular complexity index is 1100. The second-order valence-electron chi connectivity index (χ2n) is 6.37. The molecule has 0 unspecified atom stereocenters.